The van der Waals surface area contributed by atoms with E-state index in [1.807, 2.05) is 36.4 Å². The second-order valence-electron chi connectivity index (χ2n) is 11.0. The van der Waals surface area contributed by atoms with Crippen LogP contribution in [0, 0.1) is 10.1 Å². The van der Waals surface area contributed by atoms with Gasteiger partial charge >= 0.3 is 0 Å². The Hall–Kier alpha value is -4.94. The van der Waals surface area contributed by atoms with E-state index in [-0.39, 0.29) is 43.6 Å². The zero-order chi connectivity index (χ0) is 33.1. The Bertz CT molecular complexity index is 1740. The van der Waals surface area contributed by atoms with E-state index in [2.05, 4.69) is 36.4 Å². The van der Waals surface area contributed by atoms with Crippen LogP contribution in [0.15, 0.2) is 91.0 Å². The molecule has 6 rings (SSSR count). The topological polar surface area (TPSA) is 128 Å². The molecule has 0 spiro atoms. The molecule has 1 N–H and O–H groups in total. The van der Waals surface area contributed by atoms with Crippen molar-refractivity contribution >= 4 is 27.2 Å². The van der Waals surface area contributed by atoms with Crippen LogP contribution in [0.25, 0.3) is 32.7 Å². The summed E-state index contributed by atoms with van der Waals surface area (Å²) in [5, 5.41) is 25.7. The molecule has 5 aromatic carbocycles. The van der Waals surface area contributed by atoms with Crippen LogP contribution in [-0.2, 0) is 18.9 Å². The number of hydrogen-bond donors (Lipinski definition) is 1. The fraction of sp³-hybridized carbons (Fsp3) is 0.297. The van der Waals surface area contributed by atoms with Crippen molar-refractivity contribution in [2.45, 2.75) is 6.10 Å². The highest BCUT2D eigenvalue weighted by Gasteiger charge is 2.20. The summed E-state index contributed by atoms with van der Waals surface area (Å²) in [6, 6.07) is 28.1. The summed E-state index contributed by atoms with van der Waals surface area (Å²) in [6.45, 7) is 2.62. The zero-order valence-electron chi connectivity index (χ0n) is 26.4. The molecule has 250 valence electrons. The highest BCUT2D eigenvalue weighted by atomic mass is 16.6. The summed E-state index contributed by atoms with van der Waals surface area (Å²) < 4.78 is 41.8. The van der Waals surface area contributed by atoms with E-state index in [0.717, 1.165) is 44.2 Å². The number of phenolic OH excluding ortho intramolecular Hbond substituents is 1. The molecule has 0 bridgehead atoms. The molecule has 0 saturated heterocycles. The van der Waals surface area contributed by atoms with E-state index >= 15 is 0 Å². The van der Waals surface area contributed by atoms with Gasteiger partial charge in [-0.3, -0.25) is 10.1 Å². The van der Waals surface area contributed by atoms with E-state index in [1.54, 1.807) is 0 Å². The van der Waals surface area contributed by atoms with E-state index in [0.29, 0.717) is 39.6 Å². The lowest BCUT2D eigenvalue weighted by Gasteiger charge is -2.20. The number of rotatable bonds is 3. The number of aromatic hydroxyl groups is 1. The number of nitro benzene ring substituents is 1. The lowest BCUT2D eigenvalue weighted by molar-refractivity contribution is -0.385. The Morgan fingerprint density at radius 3 is 1.67 bits per heavy atom. The zero-order valence-corrected chi connectivity index (χ0v) is 26.4. The molecule has 0 aliphatic carbocycles. The molecule has 0 aromatic heterocycles. The second-order valence-corrected chi connectivity index (χ2v) is 11.0. The Morgan fingerprint density at radius 1 is 0.625 bits per heavy atom. The normalized spacial score (nSPS) is 16.1. The van der Waals surface area contributed by atoms with Gasteiger partial charge in [-0.05, 0) is 39.7 Å². The van der Waals surface area contributed by atoms with Crippen molar-refractivity contribution in [2.75, 3.05) is 66.1 Å². The summed E-state index contributed by atoms with van der Waals surface area (Å²) in [5.74, 6) is 1.19. The molecule has 48 heavy (non-hydrogen) atoms. The van der Waals surface area contributed by atoms with Gasteiger partial charge < -0.3 is 38.3 Å². The second kappa shape index (κ2) is 16.2. The van der Waals surface area contributed by atoms with Crippen LogP contribution >= 0.6 is 0 Å². The number of nitrogens with zero attached hydrogens (tertiary/aromatic N) is 1. The maximum atomic E-state index is 11.2. The number of hydrogen-bond acceptors (Lipinski definition) is 10. The Kier molecular flexibility index (Phi) is 11.2. The van der Waals surface area contributed by atoms with E-state index in [9.17, 15) is 15.2 Å². The van der Waals surface area contributed by atoms with Gasteiger partial charge in [0.1, 0.15) is 30.8 Å². The maximum Gasteiger partial charge on any atom is 0.273 e. The van der Waals surface area contributed by atoms with Crippen LogP contribution < -0.4 is 14.2 Å². The van der Waals surface area contributed by atoms with Gasteiger partial charge in [0.05, 0.1) is 63.8 Å². The van der Waals surface area contributed by atoms with Crippen LogP contribution in [0.2, 0.25) is 0 Å². The summed E-state index contributed by atoms with van der Waals surface area (Å²) in [7, 11) is 0. The fourth-order valence-corrected chi connectivity index (χ4v) is 5.56. The van der Waals surface area contributed by atoms with Gasteiger partial charge in [-0.1, -0.05) is 60.7 Å². The molecular formula is C37H37NO10. The maximum absolute atomic E-state index is 11.2. The Balaban J connectivity index is 1.20. The predicted molar refractivity (Wildman–Crippen MR) is 180 cm³/mol. The highest BCUT2D eigenvalue weighted by Crippen LogP contribution is 2.45. The van der Waals surface area contributed by atoms with Crippen LogP contribution in [0.1, 0.15) is 0 Å². The predicted octanol–water partition coefficient (Wildman–Crippen LogP) is 6.56. The van der Waals surface area contributed by atoms with Gasteiger partial charge in [0.25, 0.3) is 5.69 Å². The van der Waals surface area contributed by atoms with Gasteiger partial charge in [-0.15, -0.1) is 0 Å². The average molecular weight is 656 g/mol. The lowest BCUT2D eigenvalue weighted by atomic mass is 9.92. The SMILES string of the molecule is O=[N+]([O-])c1ccc(O)c(OC2COCCOCCOc3ccc4ccccc4c3-c3c(ccc4ccccc34)OCCOCCOC2)c1. The first kappa shape index (κ1) is 33.0. The van der Waals surface area contributed by atoms with Crippen molar-refractivity contribution in [1.29, 1.82) is 0 Å². The van der Waals surface area contributed by atoms with Crippen LogP contribution in [-0.4, -0.2) is 82.2 Å². The number of benzene rings is 5. The first-order chi connectivity index (χ1) is 23.6. The van der Waals surface area contributed by atoms with Crippen molar-refractivity contribution in [1.82, 2.24) is 0 Å². The monoisotopic (exact) mass is 655 g/mol. The third-order valence-electron chi connectivity index (χ3n) is 7.80. The molecule has 0 fully saturated rings. The minimum Gasteiger partial charge on any atom is -0.504 e. The molecule has 5 aromatic rings. The number of phenols is 1. The summed E-state index contributed by atoms with van der Waals surface area (Å²) in [6.07, 6.45) is -0.656. The van der Waals surface area contributed by atoms with Crippen molar-refractivity contribution in [2.24, 2.45) is 0 Å². The first-order valence-electron chi connectivity index (χ1n) is 15.8. The molecular weight excluding hydrogens is 618 g/mol. The van der Waals surface area contributed by atoms with Crippen LogP contribution in [0.3, 0.4) is 0 Å². The summed E-state index contributed by atoms with van der Waals surface area (Å²) >= 11 is 0. The van der Waals surface area contributed by atoms with Gasteiger partial charge in [0, 0.05) is 17.2 Å². The van der Waals surface area contributed by atoms with E-state index in [1.165, 1.54) is 18.2 Å². The smallest absolute Gasteiger partial charge is 0.273 e. The minimum atomic E-state index is -0.656. The van der Waals surface area contributed by atoms with Gasteiger partial charge in [0.2, 0.25) is 0 Å². The average Bonchev–Trinajstić information content (AvgIpc) is 3.10. The molecule has 0 radical (unpaired) electrons. The number of nitro groups is 1. The van der Waals surface area contributed by atoms with Crippen LogP contribution in [0.5, 0.6) is 23.0 Å². The first-order valence-corrected chi connectivity index (χ1v) is 15.8. The quantitative estimate of drug-likeness (QED) is 0.169. The Morgan fingerprint density at radius 2 is 1.12 bits per heavy atom. The van der Waals surface area contributed by atoms with Crippen molar-refractivity contribution < 1.29 is 43.2 Å². The molecule has 11 heteroatoms. The highest BCUT2D eigenvalue weighted by molar-refractivity contribution is 6.09. The molecule has 0 unspecified atom stereocenters. The number of fused-ring (bicyclic) bond motifs is 7. The standard InChI is InChI=1S/C37H37NO10/c39-32-12-11-28(38(40)41)23-35(32)48-29-24-44-17-15-42-19-21-46-33-13-9-26-5-1-3-7-30(26)36(33)37-31-8-4-2-6-27(31)10-14-34(37)47-22-20-43-16-18-45-25-29/h1-14,23,29,39H,15-22,24-25H2. The summed E-state index contributed by atoms with van der Waals surface area (Å²) in [5.41, 5.74) is 1.69. The van der Waals surface area contributed by atoms with Gasteiger partial charge in [-0.2, -0.15) is 0 Å². The molecule has 0 saturated carbocycles. The summed E-state index contributed by atoms with van der Waals surface area (Å²) in [4.78, 5) is 10.7. The van der Waals surface area contributed by atoms with Crippen molar-refractivity contribution in [3.8, 4) is 34.1 Å². The molecule has 0 atom stereocenters. The third-order valence-corrected chi connectivity index (χ3v) is 7.80. The van der Waals surface area contributed by atoms with Gasteiger partial charge in [-0.25, -0.2) is 0 Å². The Labute approximate surface area is 277 Å². The number of ether oxygens (including phenoxy) is 7. The molecule has 0 amide bonds. The number of non-ortho nitro benzene ring substituents is 1. The fourth-order valence-electron chi connectivity index (χ4n) is 5.56. The van der Waals surface area contributed by atoms with E-state index in [4.69, 9.17) is 33.2 Å². The third kappa shape index (κ3) is 8.12. The minimum absolute atomic E-state index is 0.0326. The van der Waals surface area contributed by atoms with Crippen molar-refractivity contribution in [3.63, 3.8) is 0 Å². The lowest BCUT2D eigenvalue weighted by Crippen LogP contribution is -2.30. The molecule has 1 heterocycles. The van der Waals surface area contributed by atoms with Crippen LogP contribution in [0.4, 0.5) is 5.69 Å². The molecule has 1 aliphatic rings. The van der Waals surface area contributed by atoms with E-state index < -0.39 is 11.0 Å². The van der Waals surface area contributed by atoms with Gasteiger partial charge in [0.15, 0.2) is 11.5 Å². The largest absolute Gasteiger partial charge is 0.504 e. The molecule has 1 aliphatic heterocycles. The molecule has 11 nitrogen and oxygen atoms in total. The van der Waals surface area contributed by atoms with Crippen molar-refractivity contribution in [3.05, 3.63) is 101 Å².